The van der Waals surface area contributed by atoms with Crippen LogP contribution in [0, 0.1) is 0 Å². The van der Waals surface area contributed by atoms with Gasteiger partial charge in [-0.1, -0.05) is 23.2 Å². The minimum Gasteiger partial charge on any atom is -0.481 e. The summed E-state index contributed by atoms with van der Waals surface area (Å²) in [4.78, 5) is 18.9. The molecule has 104 valence electrons. The molecule has 5 nitrogen and oxygen atoms in total. The molecule has 0 aliphatic carbocycles. The highest BCUT2D eigenvalue weighted by atomic mass is 35.5. The topological polar surface area (TPSA) is 89.1 Å². The number of aromatic nitrogens is 2. The fraction of sp³-hybridized carbons (Fsp3) is 0.154. The Morgan fingerprint density at radius 3 is 2.45 bits per heavy atom. The molecule has 2 rings (SSSR count). The maximum absolute atomic E-state index is 10.6. The lowest BCUT2D eigenvalue weighted by Crippen LogP contribution is -2.15. The normalized spacial score (nSPS) is 12.2. The predicted octanol–water partition coefficient (Wildman–Crippen LogP) is 2.92. The highest BCUT2D eigenvalue weighted by molar-refractivity contribution is 6.42. The van der Waals surface area contributed by atoms with Crippen LogP contribution in [0.25, 0.3) is 11.4 Å². The van der Waals surface area contributed by atoms with Gasteiger partial charge in [0.25, 0.3) is 0 Å². The van der Waals surface area contributed by atoms with Gasteiger partial charge in [0.15, 0.2) is 5.82 Å². The van der Waals surface area contributed by atoms with Crippen molar-refractivity contribution in [3.8, 4) is 11.4 Å². The van der Waals surface area contributed by atoms with Crippen molar-refractivity contribution in [3.63, 3.8) is 0 Å². The summed E-state index contributed by atoms with van der Waals surface area (Å²) in [5.74, 6) is -0.499. The van der Waals surface area contributed by atoms with Crippen molar-refractivity contribution in [3.05, 3.63) is 46.2 Å². The lowest BCUT2D eigenvalue weighted by atomic mass is 10.1. The van der Waals surface area contributed by atoms with Crippen LogP contribution >= 0.6 is 23.2 Å². The highest BCUT2D eigenvalue weighted by Gasteiger charge is 2.12. The number of nitrogens with zero attached hydrogens (tertiary/aromatic N) is 2. The molecule has 0 spiro atoms. The van der Waals surface area contributed by atoms with Crippen LogP contribution in [-0.2, 0) is 4.79 Å². The zero-order valence-electron chi connectivity index (χ0n) is 10.3. The fourth-order valence-corrected chi connectivity index (χ4v) is 1.92. The van der Waals surface area contributed by atoms with Gasteiger partial charge >= 0.3 is 5.97 Å². The van der Waals surface area contributed by atoms with E-state index in [-0.39, 0.29) is 6.42 Å². The summed E-state index contributed by atoms with van der Waals surface area (Å²) < 4.78 is 0. The van der Waals surface area contributed by atoms with Crippen LogP contribution in [0.3, 0.4) is 0 Å². The van der Waals surface area contributed by atoms with Gasteiger partial charge in [0.2, 0.25) is 0 Å². The Kier molecular flexibility index (Phi) is 4.54. The molecule has 0 unspecified atom stereocenters. The van der Waals surface area contributed by atoms with Crippen molar-refractivity contribution in [2.24, 2.45) is 5.73 Å². The molecule has 0 bridgehead atoms. The van der Waals surface area contributed by atoms with Crippen molar-refractivity contribution >= 4 is 29.2 Å². The van der Waals surface area contributed by atoms with E-state index in [0.717, 1.165) is 5.56 Å². The third-order valence-corrected chi connectivity index (χ3v) is 3.41. The molecule has 1 aromatic heterocycles. The number of hydrogen-bond donors (Lipinski definition) is 2. The van der Waals surface area contributed by atoms with Gasteiger partial charge in [-0.15, -0.1) is 0 Å². The number of hydrogen-bond acceptors (Lipinski definition) is 4. The van der Waals surface area contributed by atoms with Crippen LogP contribution in [0.4, 0.5) is 0 Å². The number of carboxylic acids is 1. The van der Waals surface area contributed by atoms with Gasteiger partial charge in [0, 0.05) is 29.6 Å². The van der Waals surface area contributed by atoms with Crippen LogP contribution in [0.2, 0.25) is 10.0 Å². The van der Waals surface area contributed by atoms with Gasteiger partial charge in [-0.05, 0) is 18.2 Å². The maximum Gasteiger partial charge on any atom is 0.305 e. The molecule has 0 radical (unpaired) electrons. The number of nitrogens with two attached hydrogens (primary N) is 1. The Labute approximate surface area is 125 Å². The van der Waals surface area contributed by atoms with Crippen molar-refractivity contribution in [1.82, 2.24) is 9.97 Å². The zero-order valence-corrected chi connectivity index (χ0v) is 11.8. The molecule has 0 saturated carbocycles. The van der Waals surface area contributed by atoms with Crippen LogP contribution < -0.4 is 5.73 Å². The van der Waals surface area contributed by atoms with E-state index in [2.05, 4.69) is 9.97 Å². The van der Waals surface area contributed by atoms with E-state index in [1.165, 1.54) is 12.4 Å². The fourth-order valence-electron chi connectivity index (χ4n) is 1.62. The number of carboxylic acid groups (broad SMARTS) is 1. The van der Waals surface area contributed by atoms with Crippen LogP contribution in [0.15, 0.2) is 30.6 Å². The molecule has 0 aliphatic rings. The molecule has 7 heteroatoms. The largest absolute Gasteiger partial charge is 0.481 e. The van der Waals surface area contributed by atoms with Crippen LogP contribution in [0.1, 0.15) is 18.0 Å². The molecule has 2 aromatic rings. The number of carbonyl (C=O) groups is 1. The quantitative estimate of drug-likeness (QED) is 0.906. The van der Waals surface area contributed by atoms with E-state index in [1.807, 2.05) is 0 Å². The second-order valence-corrected chi connectivity index (χ2v) is 4.99. The summed E-state index contributed by atoms with van der Waals surface area (Å²) in [7, 11) is 0. The average Bonchev–Trinajstić information content (AvgIpc) is 2.41. The first-order chi connectivity index (χ1) is 9.47. The predicted molar refractivity (Wildman–Crippen MR) is 76.7 cm³/mol. The molecule has 1 aromatic carbocycles. The molecular weight excluding hydrogens is 301 g/mol. The molecule has 0 fully saturated rings. The molecular formula is C13H11Cl2N3O2. The monoisotopic (exact) mass is 311 g/mol. The number of halogens is 2. The molecule has 0 amide bonds. The SMILES string of the molecule is N[C@H](CC(=O)O)c1cnc(-c2ccc(Cl)c(Cl)c2)nc1. The van der Waals surface area contributed by atoms with E-state index < -0.39 is 12.0 Å². The van der Waals surface area contributed by atoms with Gasteiger partial charge < -0.3 is 10.8 Å². The Morgan fingerprint density at radius 1 is 1.25 bits per heavy atom. The summed E-state index contributed by atoms with van der Waals surface area (Å²) in [6.07, 6.45) is 2.85. The Hall–Kier alpha value is -1.69. The summed E-state index contributed by atoms with van der Waals surface area (Å²) in [5.41, 5.74) is 7.02. The maximum atomic E-state index is 10.6. The average molecular weight is 312 g/mol. The second kappa shape index (κ2) is 6.17. The van der Waals surface area contributed by atoms with Crippen molar-refractivity contribution < 1.29 is 9.90 Å². The van der Waals surface area contributed by atoms with E-state index in [9.17, 15) is 4.79 Å². The van der Waals surface area contributed by atoms with E-state index >= 15 is 0 Å². The van der Waals surface area contributed by atoms with Crippen LogP contribution in [-0.4, -0.2) is 21.0 Å². The standard InChI is InChI=1S/C13H11Cl2N3O2/c14-9-2-1-7(3-10(9)15)13-17-5-8(6-18-13)11(16)4-12(19)20/h1-3,5-6,11H,4,16H2,(H,19,20)/t11-/m1/s1. The molecule has 1 atom stereocenters. The molecule has 1 heterocycles. The van der Waals surface area contributed by atoms with E-state index in [1.54, 1.807) is 18.2 Å². The minimum absolute atomic E-state index is 0.171. The van der Waals surface area contributed by atoms with Crippen LogP contribution in [0.5, 0.6) is 0 Å². The lowest BCUT2D eigenvalue weighted by molar-refractivity contribution is -0.137. The van der Waals surface area contributed by atoms with Gasteiger partial charge in [-0.25, -0.2) is 9.97 Å². The zero-order chi connectivity index (χ0) is 14.7. The molecule has 20 heavy (non-hydrogen) atoms. The molecule has 3 N–H and O–H groups in total. The van der Waals surface area contributed by atoms with Crippen molar-refractivity contribution in [2.75, 3.05) is 0 Å². The molecule has 0 aliphatic heterocycles. The number of aliphatic carboxylic acids is 1. The Morgan fingerprint density at radius 2 is 1.90 bits per heavy atom. The summed E-state index contributed by atoms with van der Waals surface area (Å²) in [6.45, 7) is 0. The first kappa shape index (κ1) is 14.7. The number of rotatable bonds is 4. The first-order valence-corrected chi connectivity index (χ1v) is 6.47. The lowest BCUT2D eigenvalue weighted by Gasteiger charge is -2.09. The smallest absolute Gasteiger partial charge is 0.305 e. The summed E-state index contributed by atoms with van der Waals surface area (Å²) in [6, 6.07) is 4.44. The van der Waals surface area contributed by atoms with E-state index in [4.69, 9.17) is 34.0 Å². The Bertz CT molecular complexity index is 632. The van der Waals surface area contributed by atoms with E-state index in [0.29, 0.717) is 21.4 Å². The van der Waals surface area contributed by atoms with Gasteiger partial charge in [0.1, 0.15) is 0 Å². The van der Waals surface area contributed by atoms with Gasteiger partial charge in [-0.2, -0.15) is 0 Å². The second-order valence-electron chi connectivity index (χ2n) is 4.17. The van der Waals surface area contributed by atoms with Gasteiger partial charge in [0.05, 0.1) is 16.5 Å². The number of benzene rings is 1. The summed E-state index contributed by atoms with van der Waals surface area (Å²) in [5, 5.41) is 9.56. The highest BCUT2D eigenvalue weighted by Crippen LogP contribution is 2.26. The third kappa shape index (κ3) is 3.45. The van der Waals surface area contributed by atoms with Crippen molar-refractivity contribution in [2.45, 2.75) is 12.5 Å². The van der Waals surface area contributed by atoms with Gasteiger partial charge in [-0.3, -0.25) is 4.79 Å². The third-order valence-electron chi connectivity index (χ3n) is 2.67. The van der Waals surface area contributed by atoms with Crippen molar-refractivity contribution in [1.29, 1.82) is 0 Å². The Balaban J connectivity index is 2.23. The minimum atomic E-state index is -0.967. The first-order valence-electron chi connectivity index (χ1n) is 5.72. The summed E-state index contributed by atoms with van der Waals surface area (Å²) >= 11 is 11.8. The molecule has 0 saturated heterocycles.